The van der Waals surface area contributed by atoms with Crippen LogP contribution >= 0.6 is 22.9 Å². The van der Waals surface area contributed by atoms with Gasteiger partial charge in [0.2, 0.25) is 6.39 Å². The summed E-state index contributed by atoms with van der Waals surface area (Å²) in [6.07, 6.45) is 2.75. The van der Waals surface area contributed by atoms with Gasteiger partial charge in [0, 0.05) is 13.0 Å². The number of aromatic nitrogens is 3. The Hall–Kier alpha value is -1.03. The molecule has 0 spiro atoms. The van der Waals surface area contributed by atoms with Crippen molar-refractivity contribution in [2.75, 3.05) is 6.54 Å². The molecule has 10 heteroatoms. The second-order valence-corrected chi connectivity index (χ2v) is 6.53. The van der Waals surface area contributed by atoms with Crippen molar-refractivity contribution < 1.29 is 12.9 Å². The van der Waals surface area contributed by atoms with E-state index in [0.29, 0.717) is 12.2 Å². The van der Waals surface area contributed by atoms with Crippen LogP contribution in [0.2, 0.25) is 4.47 Å². The zero-order valence-electron chi connectivity index (χ0n) is 8.33. The molecule has 0 bridgehead atoms. The second kappa shape index (κ2) is 5.08. The highest BCUT2D eigenvalue weighted by Gasteiger charge is 2.17. The minimum absolute atomic E-state index is 0.0793. The van der Waals surface area contributed by atoms with Gasteiger partial charge in [0.05, 0.1) is 6.20 Å². The number of hydrogen-bond acceptors (Lipinski definition) is 7. The Labute approximate surface area is 106 Å². The van der Waals surface area contributed by atoms with Crippen LogP contribution in [0.3, 0.4) is 0 Å². The molecular weight excluding hydrogens is 288 g/mol. The third kappa shape index (κ3) is 3.22. The maximum Gasteiger partial charge on any atom is 0.251 e. The fraction of sp³-hybridized carbons (Fsp3) is 0.286. The molecule has 0 amide bonds. The van der Waals surface area contributed by atoms with E-state index in [4.69, 9.17) is 11.6 Å². The van der Waals surface area contributed by atoms with E-state index >= 15 is 0 Å². The maximum atomic E-state index is 11.7. The van der Waals surface area contributed by atoms with Gasteiger partial charge in [-0.25, -0.2) is 18.1 Å². The molecule has 92 valence electrons. The van der Waals surface area contributed by atoms with Crippen LogP contribution in [0.4, 0.5) is 0 Å². The lowest BCUT2D eigenvalue weighted by Crippen LogP contribution is -2.25. The van der Waals surface area contributed by atoms with Crippen molar-refractivity contribution in [2.45, 2.75) is 10.6 Å². The van der Waals surface area contributed by atoms with Gasteiger partial charge in [-0.3, -0.25) is 0 Å². The number of rotatable bonds is 5. The van der Waals surface area contributed by atoms with Crippen molar-refractivity contribution in [3.05, 3.63) is 22.9 Å². The fourth-order valence-electron chi connectivity index (χ4n) is 1.03. The SMILES string of the molecule is O=S(=O)(NCCc1ncon1)c1cnc(Cl)s1. The maximum absolute atomic E-state index is 11.7. The van der Waals surface area contributed by atoms with E-state index in [9.17, 15) is 8.42 Å². The van der Waals surface area contributed by atoms with E-state index in [2.05, 4.69) is 24.4 Å². The molecule has 7 nitrogen and oxygen atoms in total. The van der Waals surface area contributed by atoms with Gasteiger partial charge >= 0.3 is 0 Å². The van der Waals surface area contributed by atoms with E-state index in [1.54, 1.807) is 0 Å². The van der Waals surface area contributed by atoms with Gasteiger partial charge in [-0.1, -0.05) is 28.1 Å². The molecule has 1 N–H and O–H groups in total. The van der Waals surface area contributed by atoms with E-state index in [-0.39, 0.29) is 15.2 Å². The molecule has 17 heavy (non-hydrogen) atoms. The molecule has 0 saturated carbocycles. The summed E-state index contributed by atoms with van der Waals surface area (Å²) in [5, 5.41) is 3.56. The molecule has 0 aliphatic heterocycles. The first-order valence-electron chi connectivity index (χ1n) is 4.44. The quantitative estimate of drug-likeness (QED) is 0.871. The molecule has 0 unspecified atom stereocenters. The van der Waals surface area contributed by atoms with Gasteiger partial charge in [0.25, 0.3) is 10.0 Å². The molecule has 0 saturated heterocycles. The highest BCUT2D eigenvalue weighted by molar-refractivity contribution is 7.91. The Kier molecular flexibility index (Phi) is 3.72. The first-order chi connectivity index (χ1) is 8.08. The zero-order chi connectivity index (χ0) is 12.3. The number of thiazole rings is 1. The van der Waals surface area contributed by atoms with Crippen LogP contribution in [-0.4, -0.2) is 30.1 Å². The predicted octanol–water partition coefficient (Wildman–Crippen LogP) is 0.700. The summed E-state index contributed by atoms with van der Waals surface area (Å²) in [6.45, 7) is 0.178. The monoisotopic (exact) mass is 294 g/mol. The van der Waals surface area contributed by atoms with Crippen LogP contribution in [0.25, 0.3) is 0 Å². The Balaban J connectivity index is 1.94. The molecule has 0 aromatic carbocycles. The van der Waals surface area contributed by atoms with Crippen LogP contribution in [0.5, 0.6) is 0 Å². The van der Waals surface area contributed by atoms with Crippen molar-refractivity contribution in [1.82, 2.24) is 19.8 Å². The molecule has 0 radical (unpaired) electrons. The third-order valence-corrected chi connectivity index (χ3v) is 4.81. The van der Waals surface area contributed by atoms with Crippen molar-refractivity contribution in [2.24, 2.45) is 0 Å². The molecule has 0 aliphatic rings. The van der Waals surface area contributed by atoms with Crippen molar-refractivity contribution >= 4 is 33.0 Å². The Morgan fingerprint density at radius 1 is 1.47 bits per heavy atom. The number of hydrogen-bond donors (Lipinski definition) is 1. The summed E-state index contributed by atoms with van der Waals surface area (Å²) in [5.41, 5.74) is 0. The van der Waals surface area contributed by atoms with Gasteiger partial charge < -0.3 is 4.52 Å². The first kappa shape index (κ1) is 12.4. The Bertz CT molecular complexity index is 580. The minimum Gasteiger partial charge on any atom is -0.343 e. The van der Waals surface area contributed by atoms with Gasteiger partial charge in [0.15, 0.2) is 14.5 Å². The average Bonchev–Trinajstić information content (AvgIpc) is 2.89. The summed E-state index contributed by atoms with van der Waals surface area (Å²) >= 11 is 6.46. The van der Waals surface area contributed by atoms with Crippen molar-refractivity contribution in [3.8, 4) is 0 Å². The average molecular weight is 295 g/mol. The number of nitrogens with zero attached hydrogens (tertiary/aromatic N) is 3. The van der Waals surface area contributed by atoms with Crippen LogP contribution in [0, 0.1) is 0 Å². The second-order valence-electron chi connectivity index (χ2n) is 2.93. The predicted molar refractivity (Wildman–Crippen MR) is 60.3 cm³/mol. The topological polar surface area (TPSA) is 98.0 Å². The van der Waals surface area contributed by atoms with Gasteiger partial charge in [-0.2, -0.15) is 4.98 Å². The Morgan fingerprint density at radius 2 is 2.29 bits per heavy atom. The van der Waals surface area contributed by atoms with E-state index in [1.807, 2.05) is 0 Å². The first-order valence-corrected chi connectivity index (χ1v) is 7.12. The molecule has 2 aromatic heterocycles. The molecular formula is C7H7ClN4O3S2. The van der Waals surface area contributed by atoms with Crippen LogP contribution in [0.1, 0.15) is 5.82 Å². The lowest BCUT2D eigenvalue weighted by Gasteiger charge is -2.01. The van der Waals surface area contributed by atoms with E-state index in [0.717, 1.165) is 11.3 Å². The number of nitrogens with one attached hydrogen (secondary N) is 1. The largest absolute Gasteiger partial charge is 0.343 e. The smallest absolute Gasteiger partial charge is 0.251 e. The summed E-state index contributed by atoms with van der Waals surface area (Å²) in [6, 6.07) is 0. The molecule has 0 atom stereocenters. The Morgan fingerprint density at radius 3 is 2.88 bits per heavy atom. The molecule has 0 aliphatic carbocycles. The minimum atomic E-state index is -3.56. The van der Waals surface area contributed by atoms with Crippen molar-refractivity contribution in [3.63, 3.8) is 0 Å². The summed E-state index contributed by atoms with van der Waals surface area (Å²) in [5.74, 6) is 0.440. The van der Waals surface area contributed by atoms with Crippen LogP contribution in [0.15, 0.2) is 21.3 Å². The summed E-state index contributed by atoms with van der Waals surface area (Å²) in [7, 11) is -3.56. The molecule has 0 fully saturated rings. The highest BCUT2D eigenvalue weighted by Crippen LogP contribution is 2.21. The third-order valence-electron chi connectivity index (χ3n) is 1.77. The standard InChI is InChI=1S/C7H7ClN4O3S2/c8-7-9-3-6(16-7)17(13,14)11-2-1-5-10-4-15-12-5/h3-4,11H,1-2H2. The highest BCUT2D eigenvalue weighted by atomic mass is 35.5. The van der Waals surface area contributed by atoms with E-state index < -0.39 is 10.0 Å². The number of sulfonamides is 1. The lowest BCUT2D eigenvalue weighted by atomic mass is 10.4. The van der Waals surface area contributed by atoms with Crippen LogP contribution < -0.4 is 4.72 Å². The summed E-state index contributed by atoms with van der Waals surface area (Å²) in [4.78, 5) is 7.44. The normalized spacial score (nSPS) is 11.8. The van der Waals surface area contributed by atoms with Crippen molar-refractivity contribution in [1.29, 1.82) is 0 Å². The van der Waals surface area contributed by atoms with Gasteiger partial charge in [0.1, 0.15) is 0 Å². The lowest BCUT2D eigenvalue weighted by molar-refractivity contribution is 0.410. The van der Waals surface area contributed by atoms with Crippen LogP contribution in [-0.2, 0) is 16.4 Å². The molecule has 2 rings (SSSR count). The zero-order valence-corrected chi connectivity index (χ0v) is 10.7. The van der Waals surface area contributed by atoms with Gasteiger partial charge in [-0.15, -0.1) is 0 Å². The summed E-state index contributed by atoms with van der Waals surface area (Å²) < 4.78 is 30.6. The fourth-order valence-corrected chi connectivity index (χ4v) is 3.40. The number of halogens is 1. The van der Waals surface area contributed by atoms with Gasteiger partial charge in [-0.05, 0) is 0 Å². The molecule has 2 heterocycles. The molecule has 2 aromatic rings. The van der Waals surface area contributed by atoms with E-state index in [1.165, 1.54) is 12.6 Å².